The van der Waals surface area contributed by atoms with E-state index < -0.39 is 6.04 Å². The lowest BCUT2D eigenvalue weighted by atomic mass is 9.87. The van der Waals surface area contributed by atoms with Crippen molar-refractivity contribution in [1.29, 1.82) is 0 Å². The zero-order valence-corrected chi connectivity index (χ0v) is 10.9. The van der Waals surface area contributed by atoms with Crippen LogP contribution in [-0.4, -0.2) is 22.1 Å². The van der Waals surface area contributed by atoms with E-state index in [2.05, 4.69) is 15.5 Å². The molecule has 0 aliphatic carbocycles. The van der Waals surface area contributed by atoms with Gasteiger partial charge in [-0.1, -0.05) is 39.0 Å². The van der Waals surface area contributed by atoms with Gasteiger partial charge < -0.3 is 5.73 Å². The first kappa shape index (κ1) is 13.1. The van der Waals surface area contributed by atoms with Crippen molar-refractivity contribution in [2.75, 3.05) is 5.32 Å². The van der Waals surface area contributed by atoms with E-state index >= 15 is 0 Å². The molecular weight excluding hydrogens is 224 g/mol. The molecule has 1 rings (SSSR count). The smallest absolute Gasteiger partial charge is 0.243 e. The monoisotopic (exact) mass is 242 g/mol. The van der Waals surface area contributed by atoms with Gasteiger partial charge in [0, 0.05) is 0 Å². The summed E-state index contributed by atoms with van der Waals surface area (Å²) in [6.07, 6.45) is 0.818. The third-order valence-electron chi connectivity index (χ3n) is 2.21. The number of carbonyl (C=O) groups is 1. The Labute approximate surface area is 99.5 Å². The van der Waals surface area contributed by atoms with Crippen molar-refractivity contribution in [3.05, 3.63) is 5.01 Å². The Morgan fingerprint density at radius 1 is 1.50 bits per heavy atom. The number of amides is 1. The lowest BCUT2D eigenvalue weighted by molar-refractivity contribution is -0.119. The number of anilines is 1. The van der Waals surface area contributed by atoms with Crippen LogP contribution in [0.15, 0.2) is 0 Å². The van der Waals surface area contributed by atoms with E-state index in [0.717, 1.165) is 11.4 Å². The maximum atomic E-state index is 11.8. The van der Waals surface area contributed by atoms with E-state index in [4.69, 9.17) is 5.73 Å². The predicted molar refractivity (Wildman–Crippen MR) is 65.3 cm³/mol. The molecule has 0 radical (unpaired) electrons. The summed E-state index contributed by atoms with van der Waals surface area (Å²) in [5.41, 5.74) is 5.56. The molecule has 0 saturated carbocycles. The molecule has 1 amide bonds. The van der Waals surface area contributed by atoms with Crippen LogP contribution in [0.3, 0.4) is 0 Å². The maximum Gasteiger partial charge on any atom is 0.243 e. The minimum absolute atomic E-state index is 0.216. The van der Waals surface area contributed by atoms with Crippen LogP contribution < -0.4 is 11.1 Å². The van der Waals surface area contributed by atoms with Gasteiger partial charge in [0.25, 0.3) is 0 Å². The van der Waals surface area contributed by atoms with Crippen molar-refractivity contribution in [2.45, 2.75) is 40.2 Å². The average molecular weight is 242 g/mol. The summed E-state index contributed by atoms with van der Waals surface area (Å²) < 4.78 is 0. The minimum Gasteiger partial charge on any atom is -0.319 e. The van der Waals surface area contributed by atoms with E-state index in [9.17, 15) is 4.79 Å². The largest absolute Gasteiger partial charge is 0.319 e. The summed E-state index contributed by atoms with van der Waals surface area (Å²) in [7, 11) is 0. The van der Waals surface area contributed by atoms with Crippen LogP contribution >= 0.6 is 11.3 Å². The van der Waals surface area contributed by atoms with Crippen molar-refractivity contribution < 1.29 is 4.79 Å². The fourth-order valence-corrected chi connectivity index (χ4v) is 1.71. The summed E-state index contributed by atoms with van der Waals surface area (Å²) in [5, 5.41) is 11.9. The third-order valence-corrected chi connectivity index (χ3v) is 3.20. The quantitative estimate of drug-likeness (QED) is 0.839. The molecule has 0 aromatic carbocycles. The number of aromatic nitrogens is 2. The van der Waals surface area contributed by atoms with Gasteiger partial charge in [0.15, 0.2) is 0 Å². The normalized spacial score (nSPS) is 13.6. The van der Waals surface area contributed by atoms with E-state index in [1.807, 2.05) is 27.7 Å². The Bertz CT molecular complexity index is 369. The molecule has 1 heterocycles. The van der Waals surface area contributed by atoms with E-state index in [0.29, 0.717) is 5.13 Å². The number of hydrogen-bond acceptors (Lipinski definition) is 5. The first-order valence-electron chi connectivity index (χ1n) is 5.23. The molecular formula is C10H18N4OS. The van der Waals surface area contributed by atoms with Gasteiger partial charge in [-0.2, -0.15) is 0 Å². The topological polar surface area (TPSA) is 80.9 Å². The van der Waals surface area contributed by atoms with E-state index in [1.54, 1.807) is 0 Å². The Kier molecular flexibility index (Phi) is 3.98. The van der Waals surface area contributed by atoms with Gasteiger partial charge >= 0.3 is 0 Å². The molecule has 0 unspecified atom stereocenters. The van der Waals surface area contributed by atoms with Crippen LogP contribution in [0.2, 0.25) is 0 Å². The zero-order chi connectivity index (χ0) is 12.3. The molecule has 1 aromatic heterocycles. The fourth-order valence-electron chi connectivity index (χ4n) is 1.02. The summed E-state index contributed by atoms with van der Waals surface area (Å²) in [5.74, 6) is -0.216. The van der Waals surface area contributed by atoms with Gasteiger partial charge in [-0.05, 0) is 11.8 Å². The van der Waals surface area contributed by atoms with Crippen LogP contribution in [0.1, 0.15) is 32.7 Å². The summed E-state index contributed by atoms with van der Waals surface area (Å²) in [6, 6.07) is -0.554. The summed E-state index contributed by atoms with van der Waals surface area (Å²) in [6.45, 7) is 7.77. The zero-order valence-electron chi connectivity index (χ0n) is 10.1. The lowest BCUT2D eigenvalue weighted by Gasteiger charge is -2.25. The van der Waals surface area contributed by atoms with E-state index in [1.165, 1.54) is 11.3 Å². The molecule has 0 spiro atoms. The highest BCUT2D eigenvalue weighted by Crippen LogP contribution is 2.20. The van der Waals surface area contributed by atoms with Crippen LogP contribution in [0.25, 0.3) is 0 Å². The standard InChI is InChI=1S/C10H18N4OS/c1-5-6-13-14-9(16-6)12-8(15)7(11)10(2,3)4/h7H,5,11H2,1-4H3,(H,12,14,15)/t7-/m0/s1. The van der Waals surface area contributed by atoms with Gasteiger partial charge in [-0.3, -0.25) is 10.1 Å². The highest BCUT2D eigenvalue weighted by molar-refractivity contribution is 7.15. The molecule has 16 heavy (non-hydrogen) atoms. The Morgan fingerprint density at radius 3 is 2.56 bits per heavy atom. The first-order valence-corrected chi connectivity index (χ1v) is 6.05. The lowest BCUT2D eigenvalue weighted by Crippen LogP contribution is -2.45. The molecule has 0 aliphatic rings. The molecule has 1 aromatic rings. The van der Waals surface area contributed by atoms with Crippen LogP contribution in [0.5, 0.6) is 0 Å². The average Bonchev–Trinajstić information content (AvgIpc) is 2.63. The van der Waals surface area contributed by atoms with Crippen LogP contribution in [0.4, 0.5) is 5.13 Å². The second kappa shape index (κ2) is 4.88. The van der Waals surface area contributed by atoms with E-state index in [-0.39, 0.29) is 11.3 Å². The number of carbonyl (C=O) groups excluding carboxylic acids is 1. The summed E-state index contributed by atoms with van der Waals surface area (Å²) in [4.78, 5) is 11.8. The number of hydrogen-bond donors (Lipinski definition) is 2. The fraction of sp³-hybridized carbons (Fsp3) is 0.700. The number of nitrogens with zero attached hydrogens (tertiary/aromatic N) is 2. The molecule has 0 aliphatic heterocycles. The number of nitrogens with two attached hydrogens (primary N) is 1. The minimum atomic E-state index is -0.554. The molecule has 90 valence electrons. The number of nitrogens with one attached hydrogen (secondary N) is 1. The van der Waals surface area contributed by atoms with Crippen molar-refractivity contribution >= 4 is 22.4 Å². The molecule has 1 atom stereocenters. The summed E-state index contributed by atoms with van der Waals surface area (Å²) >= 11 is 1.38. The molecule has 5 nitrogen and oxygen atoms in total. The Balaban J connectivity index is 2.64. The van der Waals surface area contributed by atoms with Crippen molar-refractivity contribution in [3.8, 4) is 0 Å². The van der Waals surface area contributed by atoms with Gasteiger partial charge in [0.05, 0.1) is 6.04 Å². The molecule has 0 fully saturated rings. The van der Waals surface area contributed by atoms with Crippen LogP contribution in [-0.2, 0) is 11.2 Å². The van der Waals surface area contributed by atoms with Gasteiger partial charge in [0.1, 0.15) is 5.01 Å². The molecule has 6 heteroatoms. The van der Waals surface area contributed by atoms with Crippen molar-refractivity contribution in [3.63, 3.8) is 0 Å². The Hall–Kier alpha value is -1.01. The highest BCUT2D eigenvalue weighted by Gasteiger charge is 2.28. The predicted octanol–water partition coefficient (Wildman–Crippen LogP) is 1.41. The molecule has 3 N–H and O–H groups in total. The van der Waals surface area contributed by atoms with Crippen molar-refractivity contribution in [2.24, 2.45) is 11.1 Å². The van der Waals surface area contributed by atoms with Gasteiger partial charge in [-0.15, -0.1) is 10.2 Å². The van der Waals surface area contributed by atoms with Gasteiger partial charge in [-0.25, -0.2) is 0 Å². The maximum absolute atomic E-state index is 11.8. The number of rotatable bonds is 3. The highest BCUT2D eigenvalue weighted by atomic mass is 32.1. The third kappa shape index (κ3) is 3.24. The SMILES string of the molecule is CCc1nnc(NC(=O)[C@H](N)C(C)(C)C)s1. The second-order valence-corrected chi connectivity index (χ2v) is 5.75. The first-order chi connectivity index (χ1) is 7.34. The Morgan fingerprint density at radius 2 is 2.12 bits per heavy atom. The van der Waals surface area contributed by atoms with Gasteiger partial charge in [0.2, 0.25) is 11.0 Å². The molecule has 0 bridgehead atoms. The molecule has 0 saturated heterocycles. The second-order valence-electron chi connectivity index (χ2n) is 4.69. The number of aryl methyl sites for hydroxylation is 1. The van der Waals surface area contributed by atoms with Crippen molar-refractivity contribution in [1.82, 2.24) is 10.2 Å². The van der Waals surface area contributed by atoms with Crippen LogP contribution in [0, 0.1) is 5.41 Å².